The Bertz CT molecular complexity index is 1160. The van der Waals surface area contributed by atoms with E-state index in [9.17, 15) is 13.2 Å². The molecule has 29 heavy (non-hydrogen) atoms. The van der Waals surface area contributed by atoms with Gasteiger partial charge in [0.2, 0.25) is 10.0 Å². The summed E-state index contributed by atoms with van der Waals surface area (Å²) >= 11 is 6.08. The fourth-order valence-corrected chi connectivity index (χ4v) is 4.11. The molecule has 0 atom stereocenters. The molecule has 0 radical (unpaired) electrons. The highest BCUT2D eigenvalue weighted by Gasteiger charge is 2.20. The van der Waals surface area contributed by atoms with Crippen molar-refractivity contribution in [2.75, 3.05) is 14.1 Å². The molecule has 0 aliphatic rings. The minimum Gasteiger partial charge on any atom is -0.457 e. The van der Waals surface area contributed by atoms with Gasteiger partial charge in [0.1, 0.15) is 12.4 Å². The molecular weight excluding hydrogens is 414 g/mol. The maximum Gasteiger partial charge on any atom is 0.310 e. The third-order valence-corrected chi connectivity index (χ3v) is 6.73. The molecule has 0 N–H and O–H groups in total. The lowest BCUT2D eigenvalue weighted by atomic mass is 10.1. The van der Waals surface area contributed by atoms with Crippen LogP contribution in [0.15, 0.2) is 47.4 Å². The Labute approximate surface area is 174 Å². The number of imidazole rings is 1. The van der Waals surface area contributed by atoms with Crippen molar-refractivity contribution in [3.8, 4) is 0 Å². The number of rotatable bonds is 7. The first-order valence-electron chi connectivity index (χ1n) is 9.04. The Morgan fingerprint density at radius 2 is 1.93 bits per heavy atom. The monoisotopic (exact) mass is 435 g/mol. The fourth-order valence-electron chi connectivity index (χ4n) is 2.99. The number of esters is 1. The van der Waals surface area contributed by atoms with Crippen molar-refractivity contribution in [1.82, 2.24) is 13.9 Å². The second-order valence-electron chi connectivity index (χ2n) is 6.64. The molecule has 154 valence electrons. The largest absolute Gasteiger partial charge is 0.457 e. The van der Waals surface area contributed by atoms with Crippen LogP contribution in [0.3, 0.4) is 0 Å². The number of carbonyl (C=O) groups excluding carboxylic acids is 1. The predicted molar refractivity (Wildman–Crippen MR) is 111 cm³/mol. The van der Waals surface area contributed by atoms with Crippen molar-refractivity contribution in [3.63, 3.8) is 0 Å². The quantitative estimate of drug-likeness (QED) is 0.532. The minimum atomic E-state index is -3.56. The molecule has 3 rings (SSSR count). The lowest BCUT2D eigenvalue weighted by molar-refractivity contribution is -0.144. The summed E-state index contributed by atoms with van der Waals surface area (Å²) in [6.45, 7) is 2.54. The molecule has 0 aliphatic heterocycles. The summed E-state index contributed by atoms with van der Waals surface area (Å²) in [6.07, 6.45) is 0.0667. The van der Waals surface area contributed by atoms with Crippen molar-refractivity contribution in [3.05, 3.63) is 58.9 Å². The summed E-state index contributed by atoms with van der Waals surface area (Å²) in [6, 6.07) is 11.9. The van der Waals surface area contributed by atoms with Crippen LogP contribution >= 0.6 is 11.6 Å². The van der Waals surface area contributed by atoms with Gasteiger partial charge < -0.3 is 9.30 Å². The summed E-state index contributed by atoms with van der Waals surface area (Å²) < 4.78 is 33.2. The van der Waals surface area contributed by atoms with E-state index in [0.717, 1.165) is 9.82 Å². The van der Waals surface area contributed by atoms with Crippen LogP contribution in [0.4, 0.5) is 0 Å². The Morgan fingerprint density at radius 1 is 1.21 bits per heavy atom. The van der Waals surface area contributed by atoms with Crippen molar-refractivity contribution in [1.29, 1.82) is 0 Å². The Balaban J connectivity index is 1.82. The van der Waals surface area contributed by atoms with Crippen LogP contribution in [-0.4, -0.2) is 42.3 Å². The zero-order valence-electron chi connectivity index (χ0n) is 16.4. The van der Waals surface area contributed by atoms with Crippen molar-refractivity contribution < 1.29 is 17.9 Å². The van der Waals surface area contributed by atoms with Crippen LogP contribution in [0.25, 0.3) is 11.0 Å². The molecule has 0 saturated heterocycles. The zero-order chi connectivity index (χ0) is 21.2. The number of sulfonamides is 1. The van der Waals surface area contributed by atoms with Gasteiger partial charge in [-0.15, -0.1) is 0 Å². The van der Waals surface area contributed by atoms with Gasteiger partial charge in [-0.1, -0.05) is 29.8 Å². The number of aromatic nitrogens is 2. The maximum atomic E-state index is 12.4. The number of hydrogen-bond donors (Lipinski definition) is 0. The highest BCUT2D eigenvalue weighted by molar-refractivity contribution is 7.89. The first kappa shape index (κ1) is 21.3. The first-order valence-corrected chi connectivity index (χ1v) is 10.9. The number of ether oxygens (including phenoxy) is 1. The second-order valence-corrected chi connectivity index (χ2v) is 9.20. The van der Waals surface area contributed by atoms with Crippen LogP contribution in [0, 0.1) is 0 Å². The number of hydrogen-bond acceptors (Lipinski definition) is 5. The molecule has 0 bridgehead atoms. The fraction of sp³-hybridized carbons (Fsp3) is 0.300. The van der Waals surface area contributed by atoms with Gasteiger partial charge in [-0.05, 0) is 36.8 Å². The van der Waals surface area contributed by atoms with E-state index in [1.807, 2.05) is 17.6 Å². The van der Waals surface area contributed by atoms with E-state index >= 15 is 0 Å². The molecule has 0 fully saturated rings. The van der Waals surface area contributed by atoms with Crippen LogP contribution < -0.4 is 0 Å². The molecule has 1 aromatic heterocycles. The highest BCUT2D eigenvalue weighted by Crippen LogP contribution is 2.23. The third kappa shape index (κ3) is 4.44. The van der Waals surface area contributed by atoms with Crippen molar-refractivity contribution in [2.45, 2.75) is 31.4 Å². The van der Waals surface area contributed by atoms with Crippen molar-refractivity contribution in [2.24, 2.45) is 0 Å². The number of carbonyl (C=O) groups is 1. The average Bonchev–Trinajstić information content (AvgIpc) is 3.04. The van der Waals surface area contributed by atoms with E-state index in [-0.39, 0.29) is 17.9 Å². The standard InChI is InChI=1S/C20H22ClN3O4S/c1-4-24-18-10-9-15(29(26,27)23(2)3)12-17(18)22-19(24)13-28-20(25)11-14-7-5-6-8-16(14)21/h5-10,12H,4,11,13H2,1-3H3. The van der Waals surface area contributed by atoms with E-state index in [4.69, 9.17) is 16.3 Å². The lowest BCUT2D eigenvalue weighted by Gasteiger charge is -2.11. The number of fused-ring (bicyclic) bond motifs is 1. The van der Waals surface area contributed by atoms with Crippen LogP contribution in [-0.2, 0) is 39.1 Å². The summed E-state index contributed by atoms with van der Waals surface area (Å²) in [7, 11) is -0.596. The van der Waals surface area contributed by atoms with Gasteiger partial charge in [0.15, 0.2) is 0 Å². The molecule has 2 aromatic carbocycles. The molecule has 1 heterocycles. The summed E-state index contributed by atoms with van der Waals surface area (Å²) in [4.78, 5) is 16.9. The Kier molecular flexibility index (Phi) is 6.26. The predicted octanol–water partition coefficient (Wildman–Crippen LogP) is 3.25. The van der Waals surface area contributed by atoms with E-state index in [0.29, 0.717) is 28.5 Å². The molecule has 0 amide bonds. The van der Waals surface area contributed by atoms with Gasteiger partial charge >= 0.3 is 5.97 Å². The third-order valence-electron chi connectivity index (χ3n) is 4.55. The SMILES string of the molecule is CCn1c(COC(=O)Cc2ccccc2Cl)nc2cc(S(=O)(=O)N(C)C)ccc21. The van der Waals surface area contributed by atoms with E-state index in [2.05, 4.69) is 4.98 Å². The zero-order valence-corrected chi connectivity index (χ0v) is 18.0. The van der Waals surface area contributed by atoms with Crippen LogP contribution in [0.5, 0.6) is 0 Å². The van der Waals surface area contributed by atoms with Crippen LogP contribution in [0.1, 0.15) is 18.3 Å². The van der Waals surface area contributed by atoms with Gasteiger partial charge in [-0.3, -0.25) is 4.79 Å². The molecule has 0 aliphatic carbocycles. The van der Waals surface area contributed by atoms with Gasteiger partial charge in [-0.25, -0.2) is 17.7 Å². The molecule has 9 heteroatoms. The smallest absolute Gasteiger partial charge is 0.310 e. The van der Waals surface area contributed by atoms with E-state index < -0.39 is 16.0 Å². The topological polar surface area (TPSA) is 81.5 Å². The molecule has 7 nitrogen and oxygen atoms in total. The maximum absolute atomic E-state index is 12.4. The van der Waals surface area contributed by atoms with Crippen molar-refractivity contribution >= 4 is 38.6 Å². The summed E-state index contributed by atoms with van der Waals surface area (Å²) in [5.41, 5.74) is 2.01. The van der Waals surface area contributed by atoms with Gasteiger partial charge in [0, 0.05) is 25.7 Å². The Hall–Kier alpha value is -2.42. The number of benzene rings is 2. The normalized spacial score (nSPS) is 11.9. The number of aryl methyl sites for hydroxylation is 1. The summed E-state index contributed by atoms with van der Waals surface area (Å²) in [5, 5.41) is 0.514. The number of nitrogens with zero attached hydrogens (tertiary/aromatic N) is 3. The minimum absolute atomic E-state index is 0.0123. The van der Waals surface area contributed by atoms with E-state index in [1.165, 1.54) is 20.2 Å². The van der Waals surface area contributed by atoms with Gasteiger partial charge in [0.25, 0.3) is 0 Å². The molecule has 0 unspecified atom stereocenters. The molecular formula is C20H22ClN3O4S. The molecule has 3 aromatic rings. The lowest BCUT2D eigenvalue weighted by Crippen LogP contribution is -2.22. The van der Waals surface area contributed by atoms with Gasteiger partial charge in [0.05, 0.1) is 22.3 Å². The van der Waals surface area contributed by atoms with Crippen LogP contribution in [0.2, 0.25) is 5.02 Å². The number of halogens is 1. The van der Waals surface area contributed by atoms with Gasteiger partial charge in [-0.2, -0.15) is 0 Å². The average molecular weight is 436 g/mol. The highest BCUT2D eigenvalue weighted by atomic mass is 35.5. The Morgan fingerprint density at radius 3 is 2.59 bits per heavy atom. The summed E-state index contributed by atoms with van der Waals surface area (Å²) in [5.74, 6) is 0.137. The molecule has 0 spiro atoms. The van der Waals surface area contributed by atoms with E-state index in [1.54, 1.807) is 30.3 Å². The first-order chi connectivity index (χ1) is 13.7. The second kappa shape index (κ2) is 8.52. The molecule has 0 saturated carbocycles.